The standard InChI is InChI=1S/C20H15BrN2O3S/c1-11-12(19(25)26)5-4-10-17(11)22-20(27)23-18(24)15-8-2-7-14-13(15)6-3-9-16(14)21/h2-10H,1H3,(H,25,26)(H2,22,23,24,27). The molecule has 0 spiro atoms. The normalized spacial score (nSPS) is 10.4. The van der Waals surface area contributed by atoms with Gasteiger partial charge in [-0.2, -0.15) is 0 Å². The number of thiocarbonyl (C=S) groups is 1. The summed E-state index contributed by atoms with van der Waals surface area (Å²) in [5, 5.41) is 16.6. The van der Waals surface area contributed by atoms with Gasteiger partial charge in [-0.05, 0) is 59.7 Å². The second-order valence-electron chi connectivity index (χ2n) is 5.83. The molecule has 136 valence electrons. The maximum atomic E-state index is 12.7. The van der Waals surface area contributed by atoms with Crippen molar-refractivity contribution in [2.75, 3.05) is 5.32 Å². The van der Waals surface area contributed by atoms with E-state index in [-0.39, 0.29) is 16.6 Å². The summed E-state index contributed by atoms with van der Waals surface area (Å²) in [5.74, 6) is -1.37. The molecule has 0 fully saturated rings. The predicted octanol–water partition coefficient (Wildman–Crippen LogP) is 4.74. The Bertz CT molecular complexity index is 1080. The number of carboxylic acid groups (broad SMARTS) is 1. The Morgan fingerprint density at radius 3 is 2.33 bits per heavy atom. The number of rotatable bonds is 3. The Kier molecular flexibility index (Phi) is 5.53. The Balaban J connectivity index is 1.82. The van der Waals surface area contributed by atoms with Crippen molar-refractivity contribution in [3.05, 3.63) is 75.8 Å². The lowest BCUT2D eigenvalue weighted by molar-refractivity contribution is 0.0696. The lowest BCUT2D eigenvalue weighted by atomic mass is 10.0. The van der Waals surface area contributed by atoms with Gasteiger partial charge in [-0.1, -0.05) is 46.3 Å². The molecule has 0 saturated carbocycles. The first-order valence-electron chi connectivity index (χ1n) is 8.01. The van der Waals surface area contributed by atoms with Crippen LogP contribution in [0.25, 0.3) is 10.8 Å². The molecule has 0 aliphatic rings. The average molecular weight is 443 g/mol. The molecule has 0 aliphatic heterocycles. The van der Waals surface area contributed by atoms with Crippen LogP contribution in [0.2, 0.25) is 0 Å². The maximum Gasteiger partial charge on any atom is 0.336 e. The number of carboxylic acids is 1. The monoisotopic (exact) mass is 442 g/mol. The van der Waals surface area contributed by atoms with Crippen LogP contribution in [-0.4, -0.2) is 22.1 Å². The fourth-order valence-corrected chi connectivity index (χ4v) is 3.50. The molecule has 3 aromatic rings. The van der Waals surface area contributed by atoms with Crippen LogP contribution in [-0.2, 0) is 0 Å². The van der Waals surface area contributed by atoms with E-state index in [1.807, 2.05) is 24.3 Å². The number of hydrogen-bond acceptors (Lipinski definition) is 3. The van der Waals surface area contributed by atoms with Crippen molar-refractivity contribution in [3.63, 3.8) is 0 Å². The van der Waals surface area contributed by atoms with Crippen LogP contribution < -0.4 is 10.6 Å². The van der Waals surface area contributed by atoms with Crippen LogP contribution in [0.5, 0.6) is 0 Å². The van der Waals surface area contributed by atoms with Crippen LogP contribution in [0.3, 0.4) is 0 Å². The van der Waals surface area contributed by atoms with E-state index < -0.39 is 5.97 Å². The highest BCUT2D eigenvalue weighted by Gasteiger charge is 2.14. The zero-order valence-electron chi connectivity index (χ0n) is 14.2. The number of benzene rings is 3. The molecule has 0 atom stereocenters. The number of halogens is 1. The summed E-state index contributed by atoms with van der Waals surface area (Å²) in [6, 6.07) is 15.9. The van der Waals surface area contributed by atoms with Gasteiger partial charge in [-0.25, -0.2) is 4.79 Å². The van der Waals surface area contributed by atoms with E-state index in [0.717, 1.165) is 15.2 Å². The van der Waals surface area contributed by atoms with Crippen molar-refractivity contribution >= 4 is 61.6 Å². The van der Waals surface area contributed by atoms with E-state index in [9.17, 15) is 14.7 Å². The Morgan fingerprint density at radius 1 is 0.963 bits per heavy atom. The van der Waals surface area contributed by atoms with Crippen molar-refractivity contribution in [1.29, 1.82) is 0 Å². The van der Waals surface area contributed by atoms with E-state index in [0.29, 0.717) is 16.8 Å². The second kappa shape index (κ2) is 7.85. The molecular formula is C20H15BrN2O3S. The van der Waals surface area contributed by atoms with E-state index in [4.69, 9.17) is 12.2 Å². The van der Waals surface area contributed by atoms with Gasteiger partial charge in [-0.3, -0.25) is 10.1 Å². The molecule has 0 aliphatic carbocycles. The molecule has 0 saturated heterocycles. The minimum atomic E-state index is -1.02. The third-order valence-corrected chi connectivity index (χ3v) is 5.05. The van der Waals surface area contributed by atoms with Gasteiger partial charge < -0.3 is 10.4 Å². The summed E-state index contributed by atoms with van der Waals surface area (Å²) in [4.78, 5) is 23.9. The fourth-order valence-electron chi connectivity index (χ4n) is 2.80. The molecule has 1 amide bonds. The average Bonchev–Trinajstić information content (AvgIpc) is 2.63. The number of aromatic carboxylic acids is 1. The van der Waals surface area contributed by atoms with Crippen LogP contribution in [0.1, 0.15) is 26.3 Å². The fraction of sp³-hybridized carbons (Fsp3) is 0.0500. The second-order valence-corrected chi connectivity index (χ2v) is 7.09. The number of carbonyl (C=O) groups is 2. The zero-order chi connectivity index (χ0) is 19.6. The number of hydrogen-bond donors (Lipinski definition) is 3. The maximum absolute atomic E-state index is 12.7. The van der Waals surface area contributed by atoms with Crippen molar-refractivity contribution in [1.82, 2.24) is 5.32 Å². The van der Waals surface area contributed by atoms with Crippen molar-refractivity contribution in [3.8, 4) is 0 Å². The highest BCUT2D eigenvalue weighted by atomic mass is 79.9. The van der Waals surface area contributed by atoms with Crippen LogP contribution >= 0.6 is 28.1 Å². The molecular weight excluding hydrogens is 428 g/mol. The van der Waals surface area contributed by atoms with Gasteiger partial charge in [-0.15, -0.1) is 0 Å². The molecule has 0 unspecified atom stereocenters. The topological polar surface area (TPSA) is 78.4 Å². The number of nitrogens with one attached hydrogen (secondary N) is 2. The first-order chi connectivity index (χ1) is 12.9. The molecule has 7 heteroatoms. The molecule has 3 aromatic carbocycles. The first-order valence-corrected chi connectivity index (χ1v) is 9.21. The number of carbonyl (C=O) groups excluding carboxylic acids is 1. The van der Waals surface area contributed by atoms with E-state index in [1.54, 1.807) is 31.2 Å². The zero-order valence-corrected chi connectivity index (χ0v) is 16.6. The molecule has 3 rings (SSSR count). The molecule has 0 aromatic heterocycles. The minimum absolute atomic E-state index is 0.0950. The third-order valence-electron chi connectivity index (χ3n) is 4.15. The summed E-state index contributed by atoms with van der Waals surface area (Å²) in [7, 11) is 0. The van der Waals surface area contributed by atoms with E-state index in [1.165, 1.54) is 6.07 Å². The van der Waals surface area contributed by atoms with E-state index in [2.05, 4.69) is 26.6 Å². The van der Waals surface area contributed by atoms with Crippen LogP contribution in [0.15, 0.2) is 59.1 Å². The summed E-state index contributed by atoms with van der Waals surface area (Å²) in [6.45, 7) is 1.68. The number of fused-ring (bicyclic) bond motifs is 1. The summed E-state index contributed by atoms with van der Waals surface area (Å²) < 4.78 is 0.900. The van der Waals surface area contributed by atoms with Gasteiger partial charge >= 0.3 is 5.97 Å². The Hall–Kier alpha value is -2.77. The molecule has 0 bridgehead atoms. The number of amides is 1. The van der Waals surface area contributed by atoms with Crippen LogP contribution in [0.4, 0.5) is 5.69 Å². The van der Waals surface area contributed by atoms with Crippen LogP contribution in [0, 0.1) is 6.92 Å². The SMILES string of the molecule is Cc1c(NC(=S)NC(=O)c2cccc3c(Br)cccc23)cccc1C(=O)O. The van der Waals surface area contributed by atoms with Gasteiger partial charge in [0.2, 0.25) is 0 Å². The van der Waals surface area contributed by atoms with Gasteiger partial charge in [0.05, 0.1) is 5.56 Å². The summed E-state index contributed by atoms with van der Waals surface area (Å²) in [5.41, 5.74) is 1.73. The van der Waals surface area contributed by atoms with Gasteiger partial charge in [0.15, 0.2) is 5.11 Å². The van der Waals surface area contributed by atoms with Crippen molar-refractivity contribution < 1.29 is 14.7 Å². The molecule has 3 N–H and O–H groups in total. The lowest BCUT2D eigenvalue weighted by Crippen LogP contribution is -2.34. The third kappa shape index (κ3) is 3.99. The summed E-state index contributed by atoms with van der Waals surface area (Å²) in [6.07, 6.45) is 0. The Labute approximate surface area is 169 Å². The largest absolute Gasteiger partial charge is 0.478 e. The summed E-state index contributed by atoms with van der Waals surface area (Å²) >= 11 is 8.71. The lowest BCUT2D eigenvalue weighted by Gasteiger charge is -2.14. The van der Waals surface area contributed by atoms with E-state index >= 15 is 0 Å². The van der Waals surface area contributed by atoms with Gasteiger partial charge in [0.25, 0.3) is 5.91 Å². The molecule has 0 radical (unpaired) electrons. The number of anilines is 1. The van der Waals surface area contributed by atoms with Crippen molar-refractivity contribution in [2.45, 2.75) is 6.92 Å². The molecule has 27 heavy (non-hydrogen) atoms. The first kappa shape index (κ1) is 19.0. The minimum Gasteiger partial charge on any atom is -0.478 e. The van der Waals surface area contributed by atoms with Gasteiger partial charge in [0.1, 0.15) is 0 Å². The predicted molar refractivity (Wildman–Crippen MR) is 113 cm³/mol. The Morgan fingerprint density at radius 2 is 1.59 bits per heavy atom. The molecule has 5 nitrogen and oxygen atoms in total. The quantitative estimate of drug-likeness (QED) is 0.510. The smallest absolute Gasteiger partial charge is 0.336 e. The van der Waals surface area contributed by atoms with Gasteiger partial charge in [0, 0.05) is 15.7 Å². The highest BCUT2D eigenvalue weighted by molar-refractivity contribution is 9.10. The van der Waals surface area contributed by atoms with Crippen molar-refractivity contribution in [2.24, 2.45) is 0 Å². The molecule has 0 heterocycles. The highest BCUT2D eigenvalue weighted by Crippen LogP contribution is 2.26.